The lowest BCUT2D eigenvalue weighted by Crippen LogP contribution is -2.11. The van der Waals surface area contributed by atoms with Crippen molar-refractivity contribution in [3.8, 4) is 0 Å². The van der Waals surface area contributed by atoms with Gasteiger partial charge >= 0.3 is 0 Å². The molecule has 0 bridgehead atoms. The van der Waals surface area contributed by atoms with Gasteiger partial charge in [0.2, 0.25) is 5.95 Å². The minimum Gasteiger partial charge on any atom is -0.382 e. The van der Waals surface area contributed by atoms with Gasteiger partial charge in [-0.3, -0.25) is 0 Å². The van der Waals surface area contributed by atoms with Crippen LogP contribution < -0.4 is 10.6 Å². The Balaban J connectivity index is 2.26. The van der Waals surface area contributed by atoms with E-state index in [1.54, 1.807) is 7.11 Å². The maximum atomic E-state index is 5.39. The molecule has 0 radical (unpaired) electrons. The zero-order valence-electron chi connectivity index (χ0n) is 12.0. The van der Waals surface area contributed by atoms with Crippen molar-refractivity contribution in [3.05, 3.63) is 11.8 Å². The lowest BCUT2D eigenvalue weighted by Gasteiger charge is -2.10. The maximum Gasteiger partial charge on any atom is 0.224 e. The topological polar surface area (TPSA) is 68.3 Å². The van der Waals surface area contributed by atoms with Gasteiger partial charge in [-0.2, -0.15) is 4.98 Å². The predicted octanol–water partition coefficient (Wildman–Crippen LogP) is 1.68. The Labute approximate surface area is 114 Å². The van der Waals surface area contributed by atoms with Crippen LogP contribution in [0.25, 0.3) is 0 Å². The first-order chi connectivity index (χ1) is 9.27. The van der Waals surface area contributed by atoms with E-state index in [1.165, 1.54) is 0 Å². The van der Waals surface area contributed by atoms with Crippen LogP contribution in [0.2, 0.25) is 0 Å². The Kier molecular flexibility index (Phi) is 7.84. The molecule has 0 saturated heterocycles. The second-order valence-electron chi connectivity index (χ2n) is 4.14. The van der Waals surface area contributed by atoms with Crippen molar-refractivity contribution in [2.75, 3.05) is 50.7 Å². The van der Waals surface area contributed by atoms with E-state index in [0.717, 1.165) is 37.5 Å². The number of aryl methyl sites for hydroxylation is 1. The smallest absolute Gasteiger partial charge is 0.224 e. The molecule has 108 valence electrons. The summed E-state index contributed by atoms with van der Waals surface area (Å²) in [6, 6.07) is 0. The first-order valence-corrected chi connectivity index (χ1v) is 6.66. The van der Waals surface area contributed by atoms with E-state index in [9.17, 15) is 0 Å². The third-order valence-corrected chi connectivity index (χ3v) is 2.50. The zero-order valence-corrected chi connectivity index (χ0v) is 12.0. The summed E-state index contributed by atoms with van der Waals surface area (Å²) in [5, 5.41) is 6.40. The second-order valence-corrected chi connectivity index (χ2v) is 4.14. The number of hydrogen-bond acceptors (Lipinski definition) is 6. The third-order valence-electron chi connectivity index (χ3n) is 2.50. The average molecular weight is 268 g/mol. The van der Waals surface area contributed by atoms with E-state index in [2.05, 4.69) is 20.6 Å². The van der Waals surface area contributed by atoms with Crippen molar-refractivity contribution in [1.29, 1.82) is 0 Å². The quantitative estimate of drug-likeness (QED) is 0.629. The molecule has 0 atom stereocenters. The largest absolute Gasteiger partial charge is 0.382 e. The van der Waals surface area contributed by atoms with Crippen molar-refractivity contribution in [2.24, 2.45) is 0 Å². The van der Waals surface area contributed by atoms with Crippen LogP contribution >= 0.6 is 0 Å². The fourth-order valence-corrected chi connectivity index (χ4v) is 1.49. The summed E-state index contributed by atoms with van der Waals surface area (Å²) in [6.07, 6.45) is 2.76. The van der Waals surface area contributed by atoms with E-state index in [0.29, 0.717) is 19.2 Å². The Morgan fingerprint density at radius 2 is 2.05 bits per heavy atom. The summed E-state index contributed by atoms with van der Waals surface area (Å²) < 4.78 is 10.3. The van der Waals surface area contributed by atoms with Crippen molar-refractivity contribution in [2.45, 2.75) is 20.3 Å². The van der Waals surface area contributed by atoms with Gasteiger partial charge in [-0.15, -0.1) is 0 Å². The molecule has 19 heavy (non-hydrogen) atoms. The number of anilines is 2. The molecule has 6 heteroatoms. The Bertz CT molecular complexity index is 360. The lowest BCUT2D eigenvalue weighted by atomic mass is 10.3. The molecule has 0 saturated carbocycles. The van der Waals surface area contributed by atoms with Crippen molar-refractivity contribution >= 4 is 11.8 Å². The number of rotatable bonds is 10. The molecule has 1 heterocycles. The van der Waals surface area contributed by atoms with Crippen LogP contribution in [0.3, 0.4) is 0 Å². The normalized spacial score (nSPS) is 10.5. The molecule has 0 unspecified atom stereocenters. The number of hydrogen-bond donors (Lipinski definition) is 2. The highest BCUT2D eigenvalue weighted by atomic mass is 16.5. The van der Waals surface area contributed by atoms with Crippen molar-refractivity contribution in [1.82, 2.24) is 9.97 Å². The highest BCUT2D eigenvalue weighted by Gasteiger charge is 2.02. The summed E-state index contributed by atoms with van der Waals surface area (Å²) in [6.45, 7) is 7.67. The van der Waals surface area contributed by atoms with Crippen LogP contribution in [-0.4, -0.2) is 50.0 Å². The van der Waals surface area contributed by atoms with E-state index in [1.807, 2.05) is 20.0 Å². The number of ether oxygens (including phenoxy) is 2. The summed E-state index contributed by atoms with van der Waals surface area (Å²) >= 11 is 0. The minimum absolute atomic E-state index is 0.643. The molecule has 0 amide bonds. The van der Waals surface area contributed by atoms with Gasteiger partial charge in [-0.25, -0.2) is 4.98 Å². The van der Waals surface area contributed by atoms with Gasteiger partial charge in [0.1, 0.15) is 5.82 Å². The van der Waals surface area contributed by atoms with E-state index >= 15 is 0 Å². The lowest BCUT2D eigenvalue weighted by molar-refractivity contribution is 0.0705. The molecule has 6 nitrogen and oxygen atoms in total. The fraction of sp³-hybridized carbons (Fsp3) is 0.692. The Hall–Kier alpha value is -1.40. The van der Waals surface area contributed by atoms with Crippen molar-refractivity contribution in [3.63, 3.8) is 0 Å². The molecule has 0 fully saturated rings. The van der Waals surface area contributed by atoms with Crippen LogP contribution in [0.4, 0.5) is 11.8 Å². The molecule has 0 spiro atoms. The highest BCUT2D eigenvalue weighted by molar-refractivity contribution is 5.46. The molecule has 0 aliphatic heterocycles. The van der Waals surface area contributed by atoms with Crippen molar-refractivity contribution < 1.29 is 9.47 Å². The average Bonchev–Trinajstić information content (AvgIpc) is 2.41. The van der Waals surface area contributed by atoms with Gasteiger partial charge in [-0.1, -0.05) is 0 Å². The number of nitrogens with one attached hydrogen (secondary N) is 2. The van der Waals surface area contributed by atoms with Gasteiger partial charge in [0.25, 0.3) is 0 Å². The maximum absolute atomic E-state index is 5.39. The fourth-order valence-electron chi connectivity index (χ4n) is 1.49. The molecule has 0 aliphatic rings. The monoisotopic (exact) mass is 268 g/mol. The van der Waals surface area contributed by atoms with Gasteiger partial charge in [-0.05, 0) is 20.3 Å². The number of aromatic nitrogens is 2. The van der Waals surface area contributed by atoms with E-state index in [-0.39, 0.29) is 0 Å². The predicted molar refractivity (Wildman–Crippen MR) is 76.7 cm³/mol. The summed E-state index contributed by atoms with van der Waals surface area (Å²) in [5.74, 6) is 1.54. The van der Waals surface area contributed by atoms with Gasteiger partial charge < -0.3 is 20.1 Å². The molecular weight excluding hydrogens is 244 g/mol. The summed E-state index contributed by atoms with van der Waals surface area (Å²) in [5.41, 5.74) is 1.04. The molecular formula is C13H24N4O2. The van der Waals surface area contributed by atoms with Crippen LogP contribution in [0, 0.1) is 6.92 Å². The number of methoxy groups -OCH3 is 1. The molecule has 0 aliphatic carbocycles. The van der Waals surface area contributed by atoms with Gasteiger partial charge in [0.15, 0.2) is 0 Å². The third kappa shape index (κ3) is 6.35. The second kappa shape index (κ2) is 9.52. The molecule has 0 aromatic carbocycles. The standard InChI is InChI=1S/C13H24N4O2/c1-4-14-13-16-10-11(2)12(17-13)15-6-5-7-19-9-8-18-3/h10H,4-9H2,1-3H3,(H2,14,15,16,17). The molecule has 1 rings (SSSR count). The van der Waals surface area contributed by atoms with Gasteiger partial charge in [0, 0.05) is 38.6 Å². The highest BCUT2D eigenvalue weighted by Crippen LogP contribution is 2.12. The van der Waals surface area contributed by atoms with E-state index in [4.69, 9.17) is 9.47 Å². The van der Waals surface area contributed by atoms with Crippen LogP contribution in [0.15, 0.2) is 6.20 Å². The van der Waals surface area contributed by atoms with Crippen LogP contribution in [0.5, 0.6) is 0 Å². The first-order valence-electron chi connectivity index (χ1n) is 6.66. The van der Waals surface area contributed by atoms with Gasteiger partial charge in [0.05, 0.1) is 13.2 Å². The molecule has 2 N–H and O–H groups in total. The molecule has 1 aromatic heterocycles. The molecule has 1 aromatic rings. The van der Waals surface area contributed by atoms with Crippen LogP contribution in [-0.2, 0) is 9.47 Å². The summed E-state index contributed by atoms with van der Waals surface area (Å²) in [7, 11) is 1.67. The summed E-state index contributed by atoms with van der Waals surface area (Å²) in [4.78, 5) is 8.62. The number of nitrogens with zero attached hydrogens (tertiary/aromatic N) is 2. The zero-order chi connectivity index (χ0) is 13.9. The Morgan fingerprint density at radius 1 is 1.21 bits per heavy atom. The van der Waals surface area contributed by atoms with Crippen LogP contribution in [0.1, 0.15) is 18.9 Å². The Morgan fingerprint density at radius 3 is 2.79 bits per heavy atom. The SMILES string of the molecule is CCNc1ncc(C)c(NCCCOCCOC)n1. The first kappa shape index (κ1) is 15.7. The minimum atomic E-state index is 0.643. The van der Waals surface area contributed by atoms with E-state index < -0.39 is 0 Å².